The number of para-hydroxylation sites is 1. The first-order valence-electron chi connectivity index (χ1n) is 6.96. The van der Waals surface area contributed by atoms with E-state index in [2.05, 4.69) is 20.8 Å². The third kappa shape index (κ3) is 3.40. The Morgan fingerprint density at radius 2 is 1.81 bits per heavy atom. The lowest BCUT2D eigenvalue weighted by atomic mass is 9.81. The Bertz CT molecular complexity index is 636. The van der Waals surface area contributed by atoms with E-state index in [4.69, 9.17) is 4.74 Å². The minimum Gasteiger partial charge on any atom is -0.457 e. The van der Waals surface area contributed by atoms with Crippen LogP contribution in [0.3, 0.4) is 0 Å². The highest BCUT2D eigenvalue weighted by atomic mass is 16.6. The fourth-order valence-electron chi connectivity index (χ4n) is 2.06. The number of non-ortho nitro benzene ring substituents is 1. The Morgan fingerprint density at radius 1 is 1.14 bits per heavy atom. The summed E-state index contributed by atoms with van der Waals surface area (Å²) in [7, 11) is 0. The summed E-state index contributed by atoms with van der Waals surface area (Å²) in [6.07, 6.45) is 0.860. The van der Waals surface area contributed by atoms with Crippen molar-refractivity contribution in [3.05, 3.63) is 64.2 Å². The normalized spacial score (nSPS) is 11.2. The minimum absolute atomic E-state index is 0.0898. The van der Waals surface area contributed by atoms with Crippen LogP contribution in [0.5, 0.6) is 11.5 Å². The number of nitro benzene ring substituents is 1. The highest BCUT2D eigenvalue weighted by Crippen LogP contribution is 2.38. The molecule has 4 nitrogen and oxygen atoms in total. The summed E-state index contributed by atoms with van der Waals surface area (Å²) < 4.78 is 5.91. The number of benzene rings is 2. The summed E-state index contributed by atoms with van der Waals surface area (Å²) in [6, 6.07) is 14.2. The molecular weight excluding hydrogens is 266 g/mol. The number of nitrogens with zero attached hydrogens (tertiary/aromatic N) is 1. The summed E-state index contributed by atoms with van der Waals surface area (Å²) in [5, 5.41) is 11.0. The minimum atomic E-state index is -0.373. The largest absolute Gasteiger partial charge is 0.457 e. The van der Waals surface area contributed by atoms with E-state index in [0.29, 0.717) is 5.75 Å². The molecule has 0 aliphatic heterocycles. The van der Waals surface area contributed by atoms with Gasteiger partial charge in [0.05, 0.1) is 4.92 Å². The average Bonchev–Trinajstić information content (AvgIpc) is 2.48. The first-order valence-corrected chi connectivity index (χ1v) is 6.96. The fourth-order valence-corrected chi connectivity index (χ4v) is 2.06. The van der Waals surface area contributed by atoms with E-state index < -0.39 is 0 Å². The molecule has 0 heterocycles. The van der Waals surface area contributed by atoms with Crippen LogP contribution in [0.1, 0.15) is 32.8 Å². The second kappa shape index (κ2) is 5.95. The Morgan fingerprint density at radius 3 is 2.38 bits per heavy atom. The molecule has 0 unspecified atom stereocenters. The van der Waals surface area contributed by atoms with Crippen LogP contribution in [0.25, 0.3) is 0 Å². The average molecular weight is 285 g/mol. The number of hydrogen-bond donors (Lipinski definition) is 0. The topological polar surface area (TPSA) is 52.4 Å². The zero-order valence-corrected chi connectivity index (χ0v) is 12.5. The van der Waals surface area contributed by atoms with Crippen molar-refractivity contribution in [1.29, 1.82) is 0 Å². The van der Waals surface area contributed by atoms with Gasteiger partial charge in [0.2, 0.25) is 0 Å². The summed E-state index contributed by atoms with van der Waals surface area (Å²) in [5.41, 5.74) is 0.742. The van der Waals surface area contributed by atoms with Gasteiger partial charge in [0, 0.05) is 17.7 Å². The quantitative estimate of drug-likeness (QED) is 0.569. The van der Waals surface area contributed by atoms with E-state index in [-0.39, 0.29) is 16.0 Å². The number of rotatable bonds is 5. The molecule has 4 heteroatoms. The van der Waals surface area contributed by atoms with Crippen LogP contribution >= 0.6 is 0 Å². The molecule has 0 saturated heterocycles. The van der Waals surface area contributed by atoms with Gasteiger partial charge in [-0.15, -0.1) is 0 Å². The molecule has 21 heavy (non-hydrogen) atoms. The van der Waals surface area contributed by atoms with Crippen molar-refractivity contribution in [2.75, 3.05) is 0 Å². The molecule has 110 valence electrons. The van der Waals surface area contributed by atoms with Crippen LogP contribution < -0.4 is 4.74 Å². The molecule has 0 spiro atoms. The Hall–Kier alpha value is -2.36. The maximum absolute atomic E-state index is 11.0. The zero-order chi connectivity index (χ0) is 15.5. The van der Waals surface area contributed by atoms with Crippen LogP contribution in [0.2, 0.25) is 0 Å². The van der Waals surface area contributed by atoms with Gasteiger partial charge in [0.1, 0.15) is 11.5 Å². The van der Waals surface area contributed by atoms with Gasteiger partial charge >= 0.3 is 0 Å². The molecule has 0 bridgehead atoms. The number of hydrogen-bond acceptors (Lipinski definition) is 3. The van der Waals surface area contributed by atoms with Crippen molar-refractivity contribution in [3.63, 3.8) is 0 Å². The zero-order valence-electron chi connectivity index (χ0n) is 12.5. The van der Waals surface area contributed by atoms with Crippen molar-refractivity contribution < 1.29 is 9.66 Å². The molecule has 2 rings (SSSR count). The number of nitro groups is 1. The van der Waals surface area contributed by atoms with Gasteiger partial charge in [-0.2, -0.15) is 0 Å². The van der Waals surface area contributed by atoms with Gasteiger partial charge in [-0.25, -0.2) is 0 Å². The fraction of sp³-hybridized carbons (Fsp3) is 0.294. The van der Waals surface area contributed by atoms with Crippen molar-refractivity contribution in [1.82, 2.24) is 0 Å². The first kappa shape index (κ1) is 15.0. The van der Waals surface area contributed by atoms with Gasteiger partial charge in [-0.05, 0) is 30.0 Å². The third-order valence-electron chi connectivity index (χ3n) is 3.76. The van der Waals surface area contributed by atoms with Gasteiger partial charge in [-0.1, -0.05) is 39.0 Å². The molecule has 0 radical (unpaired) electrons. The maximum atomic E-state index is 11.0. The predicted molar refractivity (Wildman–Crippen MR) is 82.9 cm³/mol. The van der Waals surface area contributed by atoms with Crippen LogP contribution in [0.4, 0.5) is 5.69 Å². The molecule has 0 fully saturated rings. The monoisotopic (exact) mass is 285 g/mol. The lowest BCUT2D eigenvalue weighted by Crippen LogP contribution is -2.16. The van der Waals surface area contributed by atoms with Gasteiger partial charge in [0.25, 0.3) is 5.69 Å². The molecule has 0 aromatic heterocycles. The molecule has 2 aromatic rings. The first-order chi connectivity index (χ1) is 9.94. The second-order valence-electron chi connectivity index (χ2n) is 5.59. The maximum Gasteiger partial charge on any atom is 0.269 e. The van der Waals surface area contributed by atoms with Crippen LogP contribution in [-0.2, 0) is 5.41 Å². The van der Waals surface area contributed by atoms with E-state index in [1.54, 1.807) is 12.1 Å². The van der Waals surface area contributed by atoms with E-state index >= 15 is 0 Å². The lowest BCUT2D eigenvalue weighted by molar-refractivity contribution is -0.385. The summed E-state index contributed by atoms with van der Waals surface area (Å²) in [4.78, 5) is 10.6. The van der Waals surface area contributed by atoms with Crippen LogP contribution in [0.15, 0.2) is 48.5 Å². The van der Waals surface area contributed by atoms with E-state index in [0.717, 1.165) is 17.7 Å². The Balaban J connectivity index is 2.47. The Kier molecular flexibility index (Phi) is 4.26. The molecule has 2 aromatic carbocycles. The molecule has 0 N–H and O–H groups in total. The predicted octanol–water partition coefficient (Wildman–Crippen LogP) is 5.07. The molecule has 0 aliphatic carbocycles. The SMILES string of the molecule is CCC(C)(C)c1cc([N+](=O)[O-])ccc1Oc1ccccc1. The van der Waals surface area contributed by atoms with Crippen LogP contribution in [-0.4, -0.2) is 4.92 Å². The molecule has 0 aliphatic rings. The van der Waals surface area contributed by atoms with Gasteiger partial charge in [0.15, 0.2) is 0 Å². The highest BCUT2D eigenvalue weighted by Gasteiger charge is 2.25. The van der Waals surface area contributed by atoms with Gasteiger partial charge in [-0.3, -0.25) is 10.1 Å². The van der Waals surface area contributed by atoms with Crippen molar-refractivity contribution in [2.24, 2.45) is 0 Å². The van der Waals surface area contributed by atoms with Gasteiger partial charge < -0.3 is 4.74 Å². The molecular formula is C17H19NO3. The Labute approximate surface area is 124 Å². The molecule has 0 atom stereocenters. The van der Waals surface area contributed by atoms with E-state index in [1.807, 2.05) is 30.3 Å². The lowest BCUT2D eigenvalue weighted by Gasteiger charge is -2.25. The smallest absolute Gasteiger partial charge is 0.269 e. The van der Waals surface area contributed by atoms with E-state index in [1.165, 1.54) is 6.07 Å². The molecule has 0 saturated carbocycles. The van der Waals surface area contributed by atoms with Crippen LogP contribution in [0, 0.1) is 10.1 Å². The highest BCUT2D eigenvalue weighted by molar-refractivity contribution is 5.48. The van der Waals surface area contributed by atoms with E-state index in [9.17, 15) is 10.1 Å². The summed E-state index contributed by atoms with van der Waals surface area (Å²) in [6.45, 7) is 6.18. The standard InChI is InChI=1S/C17H19NO3/c1-4-17(2,3)15-12-13(18(19)20)10-11-16(15)21-14-8-6-5-7-9-14/h5-12H,4H2,1-3H3. The number of ether oxygens (including phenoxy) is 1. The summed E-state index contributed by atoms with van der Waals surface area (Å²) >= 11 is 0. The van der Waals surface area contributed by atoms with Crippen molar-refractivity contribution >= 4 is 5.69 Å². The molecule has 0 amide bonds. The summed E-state index contributed by atoms with van der Waals surface area (Å²) in [5.74, 6) is 1.39. The third-order valence-corrected chi connectivity index (χ3v) is 3.76. The second-order valence-corrected chi connectivity index (χ2v) is 5.59. The van der Waals surface area contributed by atoms with Crippen molar-refractivity contribution in [2.45, 2.75) is 32.6 Å². The van der Waals surface area contributed by atoms with Crippen molar-refractivity contribution in [3.8, 4) is 11.5 Å².